The molecule has 0 amide bonds. The maximum atomic E-state index is 6.03. The summed E-state index contributed by atoms with van der Waals surface area (Å²) in [7, 11) is 1.67. The first-order valence-corrected chi connectivity index (χ1v) is 7.73. The Morgan fingerprint density at radius 3 is 3.00 bits per heavy atom. The number of ether oxygens (including phenoxy) is 1. The molecule has 1 unspecified atom stereocenters. The summed E-state index contributed by atoms with van der Waals surface area (Å²) in [5.41, 5.74) is 4.96. The number of hydrazine groups is 1. The Morgan fingerprint density at radius 1 is 1.52 bits per heavy atom. The molecule has 5 nitrogen and oxygen atoms in total. The Balaban J connectivity index is 2.22. The number of hydrogen-bond acceptors (Lipinski definition) is 4. The molecule has 0 radical (unpaired) electrons. The van der Waals surface area contributed by atoms with E-state index in [-0.39, 0.29) is 6.04 Å². The molecule has 21 heavy (non-hydrogen) atoms. The molecule has 0 fully saturated rings. The zero-order valence-corrected chi connectivity index (χ0v) is 14.1. The van der Waals surface area contributed by atoms with Crippen molar-refractivity contribution in [3.8, 4) is 0 Å². The highest BCUT2D eigenvalue weighted by Crippen LogP contribution is 2.26. The highest BCUT2D eigenvalue weighted by Gasteiger charge is 2.19. The molecule has 7 heteroatoms. The second-order valence-corrected chi connectivity index (χ2v) is 5.94. The molecule has 1 aromatic carbocycles. The van der Waals surface area contributed by atoms with Gasteiger partial charge in [-0.2, -0.15) is 5.10 Å². The third-order valence-corrected chi connectivity index (χ3v) is 4.05. The number of methoxy groups -OCH3 is 1. The molecule has 0 spiro atoms. The Kier molecular flexibility index (Phi) is 6.20. The van der Waals surface area contributed by atoms with Crippen molar-refractivity contribution in [3.05, 3.63) is 51.2 Å². The van der Waals surface area contributed by atoms with Crippen molar-refractivity contribution in [2.45, 2.75) is 19.0 Å². The predicted molar refractivity (Wildman–Crippen MR) is 87.0 cm³/mol. The zero-order chi connectivity index (χ0) is 15.2. The van der Waals surface area contributed by atoms with Crippen LogP contribution in [-0.4, -0.2) is 23.5 Å². The van der Waals surface area contributed by atoms with Crippen molar-refractivity contribution in [1.29, 1.82) is 0 Å². The minimum absolute atomic E-state index is 0.0720. The summed E-state index contributed by atoms with van der Waals surface area (Å²) in [4.78, 5) is 0. The van der Waals surface area contributed by atoms with Gasteiger partial charge in [-0.3, -0.25) is 16.0 Å². The Hall–Kier alpha value is -0.920. The van der Waals surface area contributed by atoms with Crippen LogP contribution in [0, 0.1) is 0 Å². The lowest BCUT2D eigenvalue weighted by molar-refractivity contribution is 0.181. The van der Waals surface area contributed by atoms with E-state index in [0.29, 0.717) is 19.6 Å². The van der Waals surface area contributed by atoms with Gasteiger partial charge >= 0.3 is 0 Å². The van der Waals surface area contributed by atoms with Crippen molar-refractivity contribution in [3.63, 3.8) is 0 Å². The van der Waals surface area contributed by atoms with Crippen LogP contribution in [0.2, 0.25) is 5.02 Å². The molecule has 1 heterocycles. The third-order valence-electron chi connectivity index (χ3n) is 3.20. The highest BCUT2D eigenvalue weighted by atomic mass is 79.9. The first-order valence-electron chi connectivity index (χ1n) is 6.56. The summed E-state index contributed by atoms with van der Waals surface area (Å²) in [5, 5.41) is 5.07. The van der Waals surface area contributed by atoms with E-state index in [1.807, 2.05) is 28.9 Å². The summed E-state index contributed by atoms with van der Waals surface area (Å²) >= 11 is 9.57. The van der Waals surface area contributed by atoms with E-state index in [1.54, 1.807) is 13.3 Å². The summed E-state index contributed by atoms with van der Waals surface area (Å²) < 4.78 is 7.92. The van der Waals surface area contributed by atoms with E-state index >= 15 is 0 Å². The summed E-state index contributed by atoms with van der Waals surface area (Å²) in [6.45, 7) is 1.26. The SMILES string of the molecule is COCCn1ncc(Br)c1C(Cc1cccc(Cl)c1)NN. The Morgan fingerprint density at radius 2 is 2.33 bits per heavy atom. The van der Waals surface area contributed by atoms with Gasteiger partial charge in [-0.25, -0.2) is 0 Å². The number of hydrogen-bond donors (Lipinski definition) is 2. The zero-order valence-electron chi connectivity index (χ0n) is 11.7. The molecule has 0 aliphatic heterocycles. The van der Waals surface area contributed by atoms with Crippen molar-refractivity contribution in [2.75, 3.05) is 13.7 Å². The lowest BCUT2D eigenvalue weighted by Crippen LogP contribution is -2.32. The largest absolute Gasteiger partial charge is 0.383 e. The van der Waals surface area contributed by atoms with Gasteiger partial charge in [0.15, 0.2) is 0 Å². The summed E-state index contributed by atoms with van der Waals surface area (Å²) in [5.74, 6) is 5.74. The van der Waals surface area contributed by atoms with Crippen LogP contribution in [0.15, 0.2) is 34.9 Å². The van der Waals surface area contributed by atoms with E-state index < -0.39 is 0 Å². The number of nitrogens with zero attached hydrogens (tertiary/aromatic N) is 2. The van der Waals surface area contributed by atoms with Crippen LogP contribution in [0.5, 0.6) is 0 Å². The molecular formula is C14H18BrClN4O. The first kappa shape index (κ1) is 16.5. The third kappa shape index (κ3) is 4.28. The van der Waals surface area contributed by atoms with Crippen molar-refractivity contribution in [1.82, 2.24) is 15.2 Å². The van der Waals surface area contributed by atoms with Crippen LogP contribution in [0.1, 0.15) is 17.3 Å². The van der Waals surface area contributed by atoms with Crippen molar-refractivity contribution >= 4 is 27.5 Å². The maximum absolute atomic E-state index is 6.03. The van der Waals surface area contributed by atoms with Gasteiger partial charge in [0.05, 0.1) is 35.6 Å². The molecule has 3 N–H and O–H groups in total. The quantitative estimate of drug-likeness (QED) is 0.578. The average molecular weight is 374 g/mol. The monoisotopic (exact) mass is 372 g/mol. The summed E-state index contributed by atoms with van der Waals surface area (Å²) in [6.07, 6.45) is 2.49. The van der Waals surface area contributed by atoms with Gasteiger partial charge in [0.2, 0.25) is 0 Å². The smallest absolute Gasteiger partial charge is 0.0713 e. The van der Waals surface area contributed by atoms with Gasteiger partial charge in [0, 0.05) is 12.1 Å². The number of nitrogens with two attached hydrogens (primary N) is 1. The predicted octanol–water partition coefficient (Wildman–Crippen LogP) is 2.69. The molecule has 0 saturated heterocycles. The summed E-state index contributed by atoms with van der Waals surface area (Å²) in [6, 6.07) is 7.68. The molecule has 0 aliphatic rings. The number of rotatable bonds is 7. The lowest BCUT2D eigenvalue weighted by Gasteiger charge is -2.19. The fourth-order valence-electron chi connectivity index (χ4n) is 2.21. The van der Waals surface area contributed by atoms with Crippen LogP contribution in [0.4, 0.5) is 0 Å². The Labute approximate surface area is 137 Å². The molecule has 1 aromatic heterocycles. The second-order valence-electron chi connectivity index (χ2n) is 4.65. The minimum atomic E-state index is -0.0720. The van der Waals surface area contributed by atoms with Crippen LogP contribution in [-0.2, 0) is 17.7 Å². The van der Waals surface area contributed by atoms with Crippen LogP contribution >= 0.6 is 27.5 Å². The molecule has 1 atom stereocenters. The number of nitrogens with one attached hydrogen (secondary N) is 1. The fourth-order valence-corrected chi connectivity index (χ4v) is 2.99. The van der Waals surface area contributed by atoms with Gasteiger partial charge in [-0.05, 0) is 40.0 Å². The van der Waals surface area contributed by atoms with E-state index in [2.05, 4.69) is 26.5 Å². The van der Waals surface area contributed by atoms with Gasteiger partial charge in [-0.1, -0.05) is 23.7 Å². The number of benzene rings is 1. The Bertz CT molecular complexity index is 590. The van der Waals surface area contributed by atoms with Crippen LogP contribution in [0.25, 0.3) is 0 Å². The van der Waals surface area contributed by atoms with E-state index in [9.17, 15) is 0 Å². The minimum Gasteiger partial charge on any atom is -0.383 e. The topological polar surface area (TPSA) is 65.1 Å². The van der Waals surface area contributed by atoms with Gasteiger partial charge < -0.3 is 4.74 Å². The molecule has 0 saturated carbocycles. The fraction of sp³-hybridized carbons (Fsp3) is 0.357. The van der Waals surface area contributed by atoms with Gasteiger partial charge in [-0.15, -0.1) is 0 Å². The average Bonchev–Trinajstić information content (AvgIpc) is 2.83. The van der Waals surface area contributed by atoms with E-state index in [4.69, 9.17) is 22.2 Å². The van der Waals surface area contributed by atoms with Crippen molar-refractivity contribution < 1.29 is 4.74 Å². The molecule has 0 bridgehead atoms. The van der Waals surface area contributed by atoms with E-state index in [1.165, 1.54) is 0 Å². The molecule has 2 aromatic rings. The normalized spacial score (nSPS) is 12.6. The van der Waals surface area contributed by atoms with Gasteiger partial charge in [0.25, 0.3) is 0 Å². The standard InChI is InChI=1S/C14H18BrClN4O/c1-21-6-5-20-14(12(15)9-18-20)13(19-17)8-10-3-2-4-11(16)7-10/h2-4,7,9,13,19H,5-6,8,17H2,1H3. The first-order chi connectivity index (χ1) is 10.2. The molecule has 114 valence electrons. The number of halogens is 2. The van der Waals surface area contributed by atoms with E-state index in [0.717, 1.165) is 20.8 Å². The molecular weight excluding hydrogens is 356 g/mol. The number of aromatic nitrogens is 2. The second kappa shape index (κ2) is 7.91. The maximum Gasteiger partial charge on any atom is 0.0713 e. The van der Waals surface area contributed by atoms with Crippen molar-refractivity contribution in [2.24, 2.45) is 5.84 Å². The van der Waals surface area contributed by atoms with Crippen LogP contribution in [0.3, 0.4) is 0 Å². The molecule has 0 aliphatic carbocycles. The highest BCUT2D eigenvalue weighted by molar-refractivity contribution is 9.10. The molecule has 2 rings (SSSR count). The van der Waals surface area contributed by atoms with Crippen LogP contribution < -0.4 is 11.3 Å². The lowest BCUT2D eigenvalue weighted by atomic mass is 10.0. The van der Waals surface area contributed by atoms with Gasteiger partial charge in [0.1, 0.15) is 0 Å².